The summed E-state index contributed by atoms with van der Waals surface area (Å²) in [7, 11) is 0. The summed E-state index contributed by atoms with van der Waals surface area (Å²) in [5, 5.41) is 3.65. The highest BCUT2D eigenvalue weighted by Gasteiger charge is 2.22. The molecule has 1 aliphatic heterocycles. The number of nitrogens with zero attached hydrogens (tertiary/aromatic N) is 1. The van der Waals surface area contributed by atoms with Crippen LogP contribution in [0.1, 0.15) is 43.4 Å². The second-order valence-corrected chi connectivity index (χ2v) is 5.55. The molecule has 2 atom stereocenters. The molecule has 2 heterocycles. The number of rotatable bonds is 5. The van der Waals surface area contributed by atoms with Crippen molar-refractivity contribution in [1.82, 2.24) is 10.2 Å². The predicted molar refractivity (Wildman–Crippen MR) is 74.8 cm³/mol. The van der Waals surface area contributed by atoms with E-state index < -0.39 is 0 Å². The second kappa shape index (κ2) is 5.89. The molecule has 0 aromatic carbocycles. The van der Waals surface area contributed by atoms with Crippen molar-refractivity contribution in [3.63, 3.8) is 0 Å². The lowest BCUT2D eigenvalue weighted by molar-refractivity contribution is 0.336. The molecule has 0 spiro atoms. The van der Waals surface area contributed by atoms with E-state index in [0.717, 1.165) is 24.0 Å². The third-order valence-electron chi connectivity index (χ3n) is 4.08. The van der Waals surface area contributed by atoms with E-state index in [0.29, 0.717) is 6.04 Å². The summed E-state index contributed by atoms with van der Waals surface area (Å²) in [4.78, 5) is 2.53. The van der Waals surface area contributed by atoms with Gasteiger partial charge in [0.15, 0.2) is 0 Å². The highest BCUT2D eigenvalue weighted by Crippen LogP contribution is 2.22. The van der Waals surface area contributed by atoms with Gasteiger partial charge in [0, 0.05) is 18.2 Å². The molecule has 2 rings (SSSR count). The molecule has 3 heteroatoms. The monoisotopic (exact) mass is 250 g/mol. The van der Waals surface area contributed by atoms with Gasteiger partial charge in [-0.25, -0.2) is 0 Å². The molecule has 1 fully saturated rings. The fourth-order valence-corrected chi connectivity index (χ4v) is 2.90. The predicted octanol–water partition coefficient (Wildman–Crippen LogP) is 2.89. The Hall–Kier alpha value is -0.800. The summed E-state index contributed by atoms with van der Waals surface area (Å²) >= 11 is 0. The van der Waals surface area contributed by atoms with Crippen LogP contribution in [0.4, 0.5) is 0 Å². The molecule has 0 saturated carbocycles. The topological polar surface area (TPSA) is 28.4 Å². The van der Waals surface area contributed by atoms with Crippen molar-refractivity contribution in [3.05, 3.63) is 23.2 Å². The zero-order valence-electron chi connectivity index (χ0n) is 12.1. The van der Waals surface area contributed by atoms with Gasteiger partial charge in [0.05, 0.1) is 0 Å². The Morgan fingerprint density at radius 1 is 1.50 bits per heavy atom. The van der Waals surface area contributed by atoms with Crippen molar-refractivity contribution < 1.29 is 4.42 Å². The van der Waals surface area contributed by atoms with Crippen LogP contribution < -0.4 is 5.32 Å². The highest BCUT2D eigenvalue weighted by atomic mass is 16.3. The van der Waals surface area contributed by atoms with Crippen LogP contribution in [-0.4, -0.2) is 31.1 Å². The van der Waals surface area contributed by atoms with Crippen LogP contribution >= 0.6 is 0 Å². The summed E-state index contributed by atoms with van der Waals surface area (Å²) in [6.07, 6.45) is 1.33. The van der Waals surface area contributed by atoms with E-state index in [4.69, 9.17) is 4.42 Å². The fourth-order valence-electron chi connectivity index (χ4n) is 2.90. The number of aryl methyl sites for hydroxylation is 2. The lowest BCUT2D eigenvalue weighted by atomic mass is 10.1. The first-order valence-corrected chi connectivity index (χ1v) is 7.12. The molecule has 0 bridgehead atoms. The zero-order chi connectivity index (χ0) is 13.1. The van der Waals surface area contributed by atoms with Crippen LogP contribution in [0.3, 0.4) is 0 Å². The van der Waals surface area contributed by atoms with Crippen LogP contribution in [0.5, 0.6) is 0 Å². The number of hydrogen-bond acceptors (Lipinski definition) is 3. The van der Waals surface area contributed by atoms with Gasteiger partial charge in [-0.1, -0.05) is 6.92 Å². The number of furan rings is 1. The number of likely N-dealkylation sites (tertiary alicyclic amines) is 1. The molecular weight excluding hydrogens is 224 g/mol. The quantitative estimate of drug-likeness (QED) is 0.871. The first-order valence-electron chi connectivity index (χ1n) is 7.12. The van der Waals surface area contributed by atoms with Crippen LogP contribution in [0.2, 0.25) is 0 Å². The van der Waals surface area contributed by atoms with Crippen molar-refractivity contribution in [3.8, 4) is 0 Å². The van der Waals surface area contributed by atoms with Gasteiger partial charge in [-0.3, -0.25) is 0 Å². The number of nitrogens with one attached hydrogen (secondary N) is 1. The Morgan fingerprint density at radius 2 is 2.28 bits per heavy atom. The van der Waals surface area contributed by atoms with E-state index in [1.165, 1.54) is 31.6 Å². The Morgan fingerprint density at radius 3 is 2.83 bits per heavy atom. The molecule has 2 unspecified atom stereocenters. The molecule has 0 amide bonds. The van der Waals surface area contributed by atoms with Crippen LogP contribution in [0.25, 0.3) is 0 Å². The van der Waals surface area contributed by atoms with Gasteiger partial charge >= 0.3 is 0 Å². The van der Waals surface area contributed by atoms with Gasteiger partial charge in [0.25, 0.3) is 0 Å². The van der Waals surface area contributed by atoms with Crippen molar-refractivity contribution in [2.24, 2.45) is 5.92 Å². The average molecular weight is 250 g/mol. The minimum atomic E-state index is 0.387. The van der Waals surface area contributed by atoms with E-state index in [1.54, 1.807) is 0 Å². The third-order valence-corrected chi connectivity index (χ3v) is 4.08. The highest BCUT2D eigenvalue weighted by molar-refractivity contribution is 5.23. The Kier molecular flexibility index (Phi) is 4.46. The van der Waals surface area contributed by atoms with Gasteiger partial charge in [-0.05, 0) is 58.8 Å². The Balaban J connectivity index is 1.82. The van der Waals surface area contributed by atoms with Gasteiger partial charge in [-0.2, -0.15) is 0 Å². The molecule has 1 aromatic heterocycles. The maximum absolute atomic E-state index is 5.59. The normalized spacial score (nSPS) is 22.6. The summed E-state index contributed by atoms with van der Waals surface area (Å²) < 4.78 is 5.59. The first kappa shape index (κ1) is 13.6. The Bertz CT molecular complexity index is 386. The summed E-state index contributed by atoms with van der Waals surface area (Å²) in [5.74, 6) is 2.86. The summed E-state index contributed by atoms with van der Waals surface area (Å²) in [6, 6.07) is 2.54. The van der Waals surface area contributed by atoms with Gasteiger partial charge in [0.2, 0.25) is 0 Å². The van der Waals surface area contributed by atoms with Crippen molar-refractivity contribution in [1.29, 1.82) is 0 Å². The second-order valence-electron chi connectivity index (χ2n) is 5.55. The largest absolute Gasteiger partial charge is 0.466 e. The molecule has 1 saturated heterocycles. The van der Waals surface area contributed by atoms with Gasteiger partial charge < -0.3 is 14.6 Å². The molecule has 1 aromatic rings. The molecule has 18 heavy (non-hydrogen) atoms. The smallest absolute Gasteiger partial charge is 0.105 e. The van der Waals surface area contributed by atoms with Gasteiger partial charge in [-0.15, -0.1) is 0 Å². The fraction of sp³-hybridized carbons (Fsp3) is 0.733. The maximum Gasteiger partial charge on any atom is 0.105 e. The average Bonchev–Trinajstić information content (AvgIpc) is 2.92. The first-order chi connectivity index (χ1) is 8.60. The van der Waals surface area contributed by atoms with E-state index in [9.17, 15) is 0 Å². The zero-order valence-corrected chi connectivity index (χ0v) is 12.1. The summed E-state index contributed by atoms with van der Waals surface area (Å²) in [6.45, 7) is 13.3. The molecule has 1 aliphatic rings. The molecular formula is C15H26N2O. The van der Waals surface area contributed by atoms with E-state index in [1.807, 2.05) is 6.92 Å². The standard InChI is InChI=1S/C15H26N2O/c1-5-17-7-6-14(10-17)9-16-12(3)15-8-11(2)18-13(15)4/h8,12,14,16H,5-7,9-10H2,1-4H3. The molecule has 1 N–H and O–H groups in total. The van der Waals surface area contributed by atoms with Crippen LogP contribution in [0.15, 0.2) is 10.5 Å². The minimum Gasteiger partial charge on any atom is -0.466 e. The maximum atomic E-state index is 5.59. The molecule has 102 valence electrons. The van der Waals surface area contributed by atoms with Crippen LogP contribution in [0, 0.1) is 19.8 Å². The van der Waals surface area contributed by atoms with Crippen molar-refractivity contribution in [2.45, 2.75) is 40.2 Å². The van der Waals surface area contributed by atoms with Crippen LogP contribution in [-0.2, 0) is 0 Å². The minimum absolute atomic E-state index is 0.387. The van der Waals surface area contributed by atoms with E-state index in [2.05, 4.69) is 37.1 Å². The van der Waals surface area contributed by atoms with E-state index >= 15 is 0 Å². The summed E-state index contributed by atoms with van der Waals surface area (Å²) in [5.41, 5.74) is 1.30. The molecule has 3 nitrogen and oxygen atoms in total. The SMILES string of the molecule is CCN1CCC(CNC(C)c2cc(C)oc2C)C1. The molecule has 0 radical (unpaired) electrons. The Labute approximate surface area is 111 Å². The van der Waals surface area contributed by atoms with Crippen molar-refractivity contribution >= 4 is 0 Å². The van der Waals surface area contributed by atoms with Gasteiger partial charge in [0.1, 0.15) is 11.5 Å². The third kappa shape index (κ3) is 3.15. The van der Waals surface area contributed by atoms with Crippen molar-refractivity contribution in [2.75, 3.05) is 26.2 Å². The van der Waals surface area contributed by atoms with E-state index in [-0.39, 0.29) is 0 Å². The number of hydrogen-bond donors (Lipinski definition) is 1. The molecule has 0 aliphatic carbocycles. The lowest BCUT2D eigenvalue weighted by Gasteiger charge is -2.17. The lowest BCUT2D eigenvalue weighted by Crippen LogP contribution is -2.28.